The second kappa shape index (κ2) is 5.07. The molecule has 0 spiro atoms. The molecule has 0 fully saturated rings. The molecule has 0 bridgehead atoms. The van der Waals surface area contributed by atoms with Crippen molar-refractivity contribution < 1.29 is 0 Å². The minimum absolute atomic E-state index is 0.243. The Morgan fingerprint density at radius 3 is 2.79 bits per heavy atom. The van der Waals surface area contributed by atoms with Crippen LogP contribution in [0.5, 0.6) is 0 Å². The summed E-state index contributed by atoms with van der Waals surface area (Å²) in [5.41, 5.74) is 5.13. The van der Waals surface area contributed by atoms with E-state index in [1.165, 1.54) is 16.8 Å². The average molecular weight is 292 g/mol. The van der Waals surface area contributed by atoms with Crippen molar-refractivity contribution in [3.8, 4) is 0 Å². The predicted octanol–water partition coefficient (Wildman–Crippen LogP) is 5.27. The largest absolute Gasteiger partial charge is 0.377 e. The van der Waals surface area contributed by atoms with E-state index < -0.39 is 0 Å². The van der Waals surface area contributed by atoms with Gasteiger partial charge < -0.3 is 5.32 Å². The van der Waals surface area contributed by atoms with Gasteiger partial charge in [-0.25, -0.2) is 0 Å². The fourth-order valence-electron chi connectivity index (χ4n) is 2.72. The third-order valence-corrected chi connectivity index (χ3v) is 4.26. The normalized spacial score (nSPS) is 17.1. The summed E-state index contributed by atoms with van der Waals surface area (Å²) in [6.45, 7) is 2.18. The highest BCUT2D eigenvalue weighted by Gasteiger charge is 2.25. The molecule has 3 rings (SSSR count). The number of aryl methyl sites for hydroxylation is 1. The Morgan fingerprint density at radius 2 is 2.05 bits per heavy atom. The van der Waals surface area contributed by atoms with Gasteiger partial charge >= 0.3 is 0 Å². The summed E-state index contributed by atoms with van der Waals surface area (Å²) >= 11 is 12.3. The maximum atomic E-state index is 6.30. The number of fused-ring (bicyclic) bond motifs is 1. The molecular formula is C16H15Cl2N. The molecule has 1 heterocycles. The molecule has 19 heavy (non-hydrogen) atoms. The minimum Gasteiger partial charge on any atom is -0.377 e. The molecule has 1 atom stereocenters. The predicted molar refractivity (Wildman–Crippen MR) is 82.3 cm³/mol. The first kappa shape index (κ1) is 12.8. The SMILES string of the molecule is CCc1cccc2c1NC(c1ccc(Cl)cc1Cl)C2. The molecule has 0 amide bonds. The maximum absolute atomic E-state index is 6.30. The third kappa shape index (κ3) is 2.33. The number of hydrogen-bond acceptors (Lipinski definition) is 1. The van der Waals surface area contributed by atoms with Gasteiger partial charge in [-0.05, 0) is 41.7 Å². The Balaban J connectivity index is 1.95. The number of para-hydroxylation sites is 1. The Morgan fingerprint density at radius 1 is 1.21 bits per heavy atom. The van der Waals surface area contributed by atoms with Crippen molar-refractivity contribution in [2.75, 3.05) is 5.32 Å². The molecule has 2 aromatic rings. The van der Waals surface area contributed by atoms with E-state index in [0.717, 1.165) is 23.4 Å². The zero-order valence-electron chi connectivity index (χ0n) is 10.7. The van der Waals surface area contributed by atoms with Crippen LogP contribution in [0.25, 0.3) is 0 Å². The van der Waals surface area contributed by atoms with Crippen molar-refractivity contribution in [3.63, 3.8) is 0 Å². The fraction of sp³-hybridized carbons (Fsp3) is 0.250. The maximum Gasteiger partial charge on any atom is 0.0569 e. The van der Waals surface area contributed by atoms with Crippen molar-refractivity contribution in [2.24, 2.45) is 0 Å². The van der Waals surface area contributed by atoms with Crippen LogP contribution >= 0.6 is 23.2 Å². The smallest absolute Gasteiger partial charge is 0.0569 e. The quantitative estimate of drug-likeness (QED) is 0.795. The van der Waals surface area contributed by atoms with Crippen LogP contribution in [-0.4, -0.2) is 0 Å². The average Bonchev–Trinajstić information content (AvgIpc) is 2.81. The van der Waals surface area contributed by atoms with Gasteiger partial charge in [0, 0.05) is 15.7 Å². The van der Waals surface area contributed by atoms with E-state index in [1.54, 1.807) is 0 Å². The highest BCUT2D eigenvalue weighted by atomic mass is 35.5. The Bertz CT molecular complexity index is 622. The van der Waals surface area contributed by atoms with E-state index in [9.17, 15) is 0 Å². The van der Waals surface area contributed by atoms with Gasteiger partial charge in [0.25, 0.3) is 0 Å². The zero-order valence-corrected chi connectivity index (χ0v) is 12.2. The van der Waals surface area contributed by atoms with Crippen molar-refractivity contribution in [3.05, 3.63) is 63.1 Å². The molecule has 2 aromatic carbocycles. The standard InChI is InChI=1S/C16H15Cl2N/c1-2-10-4-3-5-11-8-15(19-16(10)11)13-7-6-12(17)9-14(13)18/h3-7,9,15,19H,2,8H2,1H3. The monoisotopic (exact) mass is 291 g/mol. The van der Waals surface area contributed by atoms with Gasteiger partial charge in [0.05, 0.1) is 6.04 Å². The van der Waals surface area contributed by atoms with Gasteiger partial charge in [-0.1, -0.05) is 54.4 Å². The lowest BCUT2D eigenvalue weighted by Crippen LogP contribution is -2.06. The van der Waals surface area contributed by atoms with Crippen molar-refractivity contribution in [1.82, 2.24) is 0 Å². The van der Waals surface area contributed by atoms with Crippen LogP contribution in [-0.2, 0) is 12.8 Å². The minimum atomic E-state index is 0.243. The first-order valence-electron chi connectivity index (χ1n) is 6.51. The first-order chi connectivity index (χ1) is 9.19. The summed E-state index contributed by atoms with van der Waals surface area (Å²) in [5, 5.41) is 5.01. The van der Waals surface area contributed by atoms with E-state index >= 15 is 0 Å². The van der Waals surface area contributed by atoms with Crippen LogP contribution in [0.1, 0.15) is 29.7 Å². The Kier molecular flexibility index (Phi) is 3.42. The number of benzene rings is 2. The first-order valence-corrected chi connectivity index (χ1v) is 7.27. The van der Waals surface area contributed by atoms with Crippen LogP contribution in [0.2, 0.25) is 10.0 Å². The van der Waals surface area contributed by atoms with Crippen LogP contribution in [0.4, 0.5) is 5.69 Å². The number of nitrogens with one attached hydrogen (secondary N) is 1. The van der Waals surface area contributed by atoms with E-state index in [2.05, 4.69) is 30.4 Å². The van der Waals surface area contributed by atoms with Crippen LogP contribution < -0.4 is 5.32 Å². The van der Waals surface area contributed by atoms with Crippen LogP contribution in [0, 0.1) is 0 Å². The summed E-state index contributed by atoms with van der Waals surface area (Å²) in [4.78, 5) is 0. The van der Waals surface area contributed by atoms with Gasteiger partial charge in [0.1, 0.15) is 0 Å². The topological polar surface area (TPSA) is 12.0 Å². The van der Waals surface area contributed by atoms with Crippen LogP contribution in [0.15, 0.2) is 36.4 Å². The molecule has 0 aliphatic carbocycles. The lowest BCUT2D eigenvalue weighted by Gasteiger charge is -2.14. The zero-order chi connectivity index (χ0) is 13.4. The number of hydrogen-bond donors (Lipinski definition) is 1. The summed E-state index contributed by atoms with van der Waals surface area (Å²) in [5.74, 6) is 0. The Hall–Kier alpha value is -1.18. The van der Waals surface area contributed by atoms with Gasteiger partial charge in [-0.3, -0.25) is 0 Å². The summed E-state index contributed by atoms with van der Waals surface area (Å²) in [6.07, 6.45) is 2.02. The van der Waals surface area contributed by atoms with Crippen molar-refractivity contribution in [1.29, 1.82) is 0 Å². The molecule has 1 nitrogen and oxygen atoms in total. The molecular weight excluding hydrogens is 277 g/mol. The lowest BCUT2D eigenvalue weighted by atomic mass is 10.0. The summed E-state index contributed by atoms with van der Waals surface area (Å²) in [7, 11) is 0. The molecule has 1 aliphatic rings. The number of anilines is 1. The van der Waals surface area contributed by atoms with E-state index in [1.807, 2.05) is 18.2 Å². The number of rotatable bonds is 2. The van der Waals surface area contributed by atoms with Gasteiger partial charge in [-0.2, -0.15) is 0 Å². The van der Waals surface area contributed by atoms with Gasteiger partial charge in [0.2, 0.25) is 0 Å². The Labute approximate surface area is 123 Å². The molecule has 0 saturated heterocycles. The lowest BCUT2D eigenvalue weighted by molar-refractivity contribution is 0.824. The molecule has 1 unspecified atom stereocenters. The highest BCUT2D eigenvalue weighted by molar-refractivity contribution is 6.35. The van der Waals surface area contributed by atoms with Gasteiger partial charge in [0.15, 0.2) is 0 Å². The molecule has 98 valence electrons. The summed E-state index contributed by atoms with van der Waals surface area (Å²) < 4.78 is 0. The molecule has 0 radical (unpaired) electrons. The van der Waals surface area contributed by atoms with E-state index in [0.29, 0.717) is 5.02 Å². The molecule has 1 aliphatic heterocycles. The highest BCUT2D eigenvalue weighted by Crippen LogP contribution is 2.39. The number of halogens is 2. The second-order valence-corrected chi connectivity index (χ2v) is 5.72. The molecule has 0 aromatic heterocycles. The second-order valence-electron chi connectivity index (χ2n) is 4.87. The summed E-state index contributed by atoms with van der Waals surface area (Å²) in [6, 6.07) is 12.5. The molecule has 1 N–H and O–H groups in total. The van der Waals surface area contributed by atoms with E-state index in [-0.39, 0.29) is 6.04 Å². The fourth-order valence-corrected chi connectivity index (χ4v) is 3.26. The van der Waals surface area contributed by atoms with Crippen molar-refractivity contribution in [2.45, 2.75) is 25.8 Å². The van der Waals surface area contributed by atoms with Crippen molar-refractivity contribution >= 4 is 28.9 Å². The van der Waals surface area contributed by atoms with Gasteiger partial charge in [-0.15, -0.1) is 0 Å². The molecule has 0 saturated carbocycles. The third-order valence-electron chi connectivity index (χ3n) is 3.70. The van der Waals surface area contributed by atoms with Crippen LogP contribution in [0.3, 0.4) is 0 Å². The van der Waals surface area contributed by atoms with E-state index in [4.69, 9.17) is 23.2 Å². The molecule has 3 heteroatoms.